The highest BCUT2D eigenvalue weighted by atomic mass is 28.4. The Labute approximate surface area is 129 Å². The molecule has 21 heavy (non-hydrogen) atoms. The lowest BCUT2D eigenvalue weighted by Gasteiger charge is -2.36. The Balaban J connectivity index is 2.83. The van der Waals surface area contributed by atoms with Crippen LogP contribution in [0.15, 0.2) is 24.3 Å². The van der Waals surface area contributed by atoms with Crippen molar-refractivity contribution in [3.05, 3.63) is 29.8 Å². The van der Waals surface area contributed by atoms with Gasteiger partial charge in [-0.25, -0.2) is 0 Å². The maximum atomic E-state index is 7.27. The molecule has 0 fully saturated rings. The van der Waals surface area contributed by atoms with Crippen LogP contribution in [0, 0.1) is 5.41 Å². The highest BCUT2D eigenvalue weighted by Crippen LogP contribution is 2.35. The van der Waals surface area contributed by atoms with E-state index in [-0.39, 0.29) is 5.90 Å². The molecule has 0 amide bonds. The summed E-state index contributed by atoms with van der Waals surface area (Å²) >= 11 is 0. The van der Waals surface area contributed by atoms with Crippen molar-refractivity contribution in [3.8, 4) is 5.75 Å². The second kappa shape index (κ2) is 7.61. The molecule has 0 heterocycles. The van der Waals surface area contributed by atoms with Crippen molar-refractivity contribution < 1.29 is 13.6 Å². The van der Waals surface area contributed by atoms with Crippen LogP contribution in [0.5, 0.6) is 5.75 Å². The van der Waals surface area contributed by atoms with E-state index >= 15 is 0 Å². The van der Waals surface area contributed by atoms with Gasteiger partial charge in [0.05, 0.1) is 0 Å². The van der Waals surface area contributed by atoms with E-state index in [4.69, 9.17) is 19.0 Å². The van der Waals surface area contributed by atoms with Crippen molar-refractivity contribution >= 4 is 14.5 Å². The summed E-state index contributed by atoms with van der Waals surface area (Å²) in [6.45, 7) is 10.7. The summed E-state index contributed by atoms with van der Waals surface area (Å²) in [6, 6.07) is 7.83. The van der Waals surface area contributed by atoms with Crippen LogP contribution in [0.25, 0.3) is 0 Å². The van der Waals surface area contributed by atoms with Crippen LogP contribution in [-0.2, 0) is 15.8 Å². The molecule has 0 aliphatic carbocycles. The minimum atomic E-state index is -2.28. The summed E-state index contributed by atoms with van der Waals surface area (Å²) in [7, 11) is -0.533. The van der Waals surface area contributed by atoms with Gasteiger partial charge in [0.2, 0.25) is 0 Å². The predicted octanol–water partition coefficient (Wildman–Crippen LogP) is 4.49. The van der Waals surface area contributed by atoms with Crippen LogP contribution in [0.2, 0.25) is 11.1 Å². The van der Waals surface area contributed by atoms with Crippen LogP contribution in [0.3, 0.4) is 0 Å². The fraction of sp³-hybridized carbons (Fsp3) is 0.562. The van der Waals surface area contributed by atoms with Crippen LogP contribution in [0.4, 0.5) is 0 Å². The third-order valence-electron chi connectivity index (χ3n) is 3.58. The maximum Gasteiger partial charge on any atom is 0.403 e. The fourth-order valence-electron chi connectivity index (χ4n) is 2.44. The van der Waals surface area contributed by atoms with Gasteiger partial charge < -0.3 is 13.6 Å². The number of rotatable bonds is 7. The van der Waals surface area contributed by atoms with Gasteiger partial charge in [-0.2, -0.15) is 0 Å². The third kappa shape index (κ3) is 4.57. The molecule has 1 aromatic carbocycles. The van der Waals surface area contributed by atoms with E-state index in [1.165, 1.54) is 0 Å². The Morgan fingerprint density at radius 2 is 1.62 bits per heavy atom. The number of hydrogen-bond donors (Lipinski definition) is 1. The molecule has 0 radical (unpaired) electrons. The normalized spacial score (nSPS) is 11.8. The predicted molar refractivity (Wildman–Crippen MR) is 88.2 cm³/mol. The standard InChI is InChI=1S/C16H27NO3Si/c1-12(2)21(18-6,13(3)4)20-16-9-7-15(8-10-16)11-19-14(5)17/h7-10,12-13,17H,11H2,1-6H3. The number of benzene rings is 1. The minimum absolute atomic E-state index is 0.223. The van der Waals surface area contributed by atoms with Gasteiger partial charge in [0.1, 0.15) is 12.4 Å². The highest BCUT2D eigenvalue weighted by molar-refractivity contribution is 6.70. The Morgan fingerprint density at radius 1 is 1.10 bits per heavy atom. The zero-order valence-electron chi connectivity index (χ0n) is 13.9. The Morgan fingerprint density at radius 3 is 2.00 bits per heavy atom. The Kier molecular flexibility index (Phi) is 6.42. The minimum Gasteiger partial charge on any atom is -0.520 e. The summed E-state index contributed by atoms with van der Waals surface area (Å²) < 4.78 is 17.3. The van der Waals surface area contributed by atoms with E-state index in [2.05, 4.69) is 27.7 Å². The van der Waals surface area contributed by atoms with E-state index in [1.54, 1.807) is 14.0 Å². The molecule has 0 aliphatic heterocycles. The molecule has 0 aromatic heterocycles. The molecule has 1 N–H and O–H groups in total. The van der Waals surface area contributed by atoms with Crippen molar-refractivity contribution in [2.24, 2.45) is 0 Å². The molecule has 118 valence electrons. The van der Waals surface area contributed by atoms with E-state index in [9.17, 15) is 0 Å². The van der Waals surface area contributed by atoms with E-state index in [0.29, 0.717) is 17.7 Å². The average Bonchev–Trinajstić information content (AvgIpc) is 2.43. The molecule has 0 bridgehead atoms. The van der Waals surface area contributed by atoms with Crippen molar-refractivity contribution in [1.82, 2.24) is 0 Å². The fourth-order valence-corrected chi connectivity index (χ4v) is 5.78. The Hall–Kier alpha value is -1.33. The van der Waals surface area contributed by atoms with Crippen LogP contribution < -0.4 is 4.43 Å². The van der Waals surface area contributed by atoms with Crippen molar-refractivity contribution in [1.29, 1.82) is 5.41 Å². The smallest absolute Gasteiger partial charge is 0.403 e. The summed E-state index contributed by atoms with van der Waals surface area (Å²) in [5.74, 6) is 1.06. The number of nitrogens with one attached hydrogen (secondary N) is 1. The summed E-state index contributed by atoms with van der Waals surface area (Å²) in [5, 5.41) is 7.27. The molecule has 5 heteroatoms. The topological polar surface area (TPSA) is 51.5 Å². The molecule has 1 rings (SSSR count). The first-order valence-electron chi connectivity index (χ1n) is 7.33. The number of ether oxygens (including phenoxy) is 1. The van der Waals surface area contributed by atoms with E-state index < -0.39 is 8.56 Å². The van der Waals surface area contributed by atoms with Gasteiger partial charge in [0.25, 0.3) is 0 Å². The number of hydrogen-bond acceptors (Lipinski definition) is 4. The van der Waals surface area contributed by atoms with Crippen LogP contribution in [-0.4, -0.2) is 21.6 Å². The zero-order valence-corrected chi connectivity index (χ0v) is 14.9. The van der Waals surface area contributed by atoms with Gasteiger partial charge in [-0.05, 0) is 17.7 Å². The van der Waals surface area contributed by atoms with Gasteiger partial charge in [0, 0.05) is 25.1 Å². The van der Waals surface area contributed by atoms with Crippen LogP contribution >= 0.6 is 0 Å². The zero-order chi connectivity index (χ0) is 16.0. The van der Waals surface area contributed by atoms with Crippen molar-refractivity contribution in [2.75, 3.05) is 7.11 Å². The first-order chi connectivity index (χ1) is 9.81. The van der Waals surface area contributed by atoms with E-state index in [1.807, 2.05) is 24.3 Å². The second-order valence-corrected chi connectivity index (χ2v) is 10.2. The summed E-state index contributed by atoms with van der Waals surface area (Å²) in [4.78, 5) is 0. The molecule has 0 unspecified atom stereocenters. The SMILES string of the molecule is CO[Si](Oc1ccc(COC(C)=N)cc1)(C(C)C)C(C)C. The first kappa shape index (κ1) is 17.7. The lowest BCUT2D eigenvalue weighted by atomic mass is 10.2. The van der Waals surface area contributed by atoms with Crippen molar-refractivity contribution in [2.45, 2.75) is 52.3 Å². The lowest BCUT2D eigenvalue weighted by molar-refractivity contribution is 0.275. The van der Waals surface area contributed by atoms with Crippen molar-refractivity contribution in [3.63, 3.8) is 0 Å². The van der Waals surface area contributed by atoms with Gasteiger partial charge in [0.15, 0.2) is 5.90 Å². The molecule has 0 saturated carbocycles. The molecule has 0 saturated heterocycles. The molecule has 0 aliphatic rings. The quantitative estimate of drug-likeness (QED) is 0.459. The average molecular weight is 309 g/mol. The van der Waals surface area contributed by atoms with Gasteiger partial charge in [-0.15, -0.1) is 0 Å². The molecule has 4 nitrogen and oxygen atoms in total. The molecule has 0 atom stereocenters. The van der Waals surface area contributed by atoms with Gasteiger partial charge >= 0.3 is 8.56 Å². The molecular formula is C16H27NO3Si. The summed E-state index contributed by atoms with van der Waals surface area (Å²) in [5.41, 5.74) is 1.75. The van der Waals surface area contributed by atoms with Gasteiger partial charge in [-0.1, -0.05) is 39.8 Å². The summed E-state index contributed by atoms with van der Waals surface area (Å²) in [6.07, 6.45) is 0. The first-order valence-corrected chi connectivity index (χ1v) is 9.30. The molecule has 0 spiro atoms. The largest absolute Gasteiger partial charge is 0.520 e. The monoisotopic (exact) mass is 309 g/mol. The van der Waals surface area contributed by atoms with Gasteiger partial charge in [-0.3, -0.25) is 5.41 Å². The third-order valence-corrected chi connectivity index (χ3v) is 8.00. The van der Waals surface area contributed by atoms with E-state index in [0.717, 1.165) is 11.3 Å². The highest BCUT2D eigenvalue weighted by Gasteiger charge is 2.46. The lowest BCUT2D eigenvalue weighted by Crippen LogP contribution is -2.50. The van der Waals surface area contributed by atoms with Crippen LogP contribution in [0.1, 0.15) is 40.2 Å². The molecule has 1 aromatic rings. The second-order valence-electron chi connectivity index (χ2n) is 5.83. The molecular weight excluding hydrogens is 282 g/mol. The maximum absolute atomic E-state index is 7.27. The Bertz CT molecular complexity index is 449.